The van der Waals surface area contributed by atoms with Crippen molar-refractivity contribution in [1.82, 2.24) is 40.4 Å². The maximum absolute atomic E-state index is 4.91. The van der Waals surface area contributed by atoms with Gasteiger partial charge < -0.3 is 10.3 Å². The van der Waals surface area contributed by atoms with Crippen LogP contribution < -0.4 is 5.32 Å². The summed E-state index contributed by atoms with van der Waals surface area (Å²) in [5.74, 6) is 0.695. The molecule has 8 nitrogen and oxygen atoms in total. The number of benzene rings is 1. The van der Waals surface area contributed by atoms with Crippen LogP contribution in [0.2, 0.25) is 0 Å². The second-order valence-electron chi connectivity index (χ2n) is 8.10. The van der Waals surface area contributed by atoms with Crippen LogP contribution in [0.4, 0.5) is 0 Å². The Balaban J connectivity index is 1.44. The van der Waals surface area contributed by atoms with E-state index in [9.17, 15) is 0 Å². The first-order valence-corrected chi connectivity index (χ1v) is 11.2. The molecule has 0 aliphatic carbocycles. The second-order valence-corrected chi connectivity index (χ2v) is 8.10. The van der Waals surface area contributed by atoms with E-state index < -0.39 is 0 Å². The summed E-state index contributed by atoms with van der Waals surface area (Å²) in [4.78, 5) is 21.3. The number of rotatable bonds is 6. The van der Waals surface area contributed by atoms with Crippen LogP contribution in [0, 0.1) is 0 Å². The predicted octanol–water partition coefficient (Wildman–Crippen LogP) is 4.73. The van der Waals surface area contributed by atoms with Gasteiger partial charge in [0.2, 0.25) is 0 Å². The molecule has 6 rings (SSSR count). The molecule has 3 N–H and O–H groups in total. The first-order chi connectivity index (χ1) is 16.8. The maximum atomic E-state index is 4.91. The minimum absolute atomic E-state index is 0.695. The average molecular weight is 447 g/mol. The lowest BCUT2D eigenvalue weighted by Crippen LogP contribution is -2.11. The highest BCUT2D eigenvalue weighted by Crippen LogP contribution is 2.32. The van der Waals surface area contributed by atoms with E-state index in [0.29, 0.717) is 5.82 Å². The van der Waals surface area contributed by atoms with Crippen LogP contribution >= 0.6 is 0 Å². The maximum Gasteiger partial charge on any atom is 0.159 e. The number of hydrogen-bond acceptors (Lipinski definition) is 6. The topological polar surface area (TPSA) is 108 Å². The molecule has 0 radical (unpaired) electrons. The Morgan fingerprint density at radius 3 is 2.59 bits per heavy atom. The molecule has 0 spiro atoms. The highest BCUT2D eigenvalue weighted by molar-refractivity contribution is 5.98. The average Bonchev–Trinajstić information content (AvgIpc) is 3.51. The minimum Gasteiger partial charge on any atom is -0.335 e. The number of pyridine rings is 3. The highest BCUT2D eigenvalue weighted by Gasteiger charge is 2.16. The van der Waals surface area contributed by atoms with Gasteiger partial charge in [0.15, 0.2) is 5.82 Å². The number of fused-ring (bicyclic) bond motifs is 2. The Hall–Kier alpha value is -4.43. The molecule has 8 heteroatoms. The van der Waals surface area contributed by atoms with Gasteiger partial charge in [-0.1, -0.05) is 13.0 Å². The van der Waals surface area contributed by atoms with Gasteiger partial charge in [0.1, 0.15) is 5.69 Å². The van der Waals surface area contributed by atoms with Gasteiger partial charge in [-0.15, -0.1) is 0 Å². The molecule has 0 aliphatic rings. The van der Waals surface area contributed by atoms with Crippen molar-refractivity contribution in [1.29, 1.82) is 0 Å². The Morgan fingerprint density at radius 2 is 1.71 bits per heavy atom. The molecule has 0 aliphatic heterocycles. The van der Waals surface area contributed by atoms with Gasteiger partial charge in [0.25, 0.3) is 0 Å². The predicted molar refractivity (Wildman–Crippen MR) is 133 cm³/mol. The van der Waals surface area contributed by atoms with E-state index >= 15 is 0 Å². The smallest absolute Gasteiger partial charge is 0.159 e. The molecular weight excluding hydrogens is 424 g/mol. The van der Waals surface area contributed by atoms with E-state index in [1.165, 1.54) is 0 Å². The third kappa shape index (κ3) is 3.60. The second kappa shape index (κ2) is 8.49. The SMILES string of the molecule is CCNCc1cncc(-c2ccc3[nH]nc(-c4nc5c(-c6ccncc6)cncc5[nH]4)c3c2)c1. The summed E-state index contributed by atoms with van der Waals surface area (Å²) in [7, 11) is 0. The van der Waals surface area contributed by atoms with Crippen molar-refractivity contribution in [2.75, 3.05) is 6.54 Å². The molecular formula is C26H22N8. The van der Waals surface area contributed by atoms with Crippen molar-refractivity contribution < 1.29 is 0 Å². The van der Waals surface area contributed by atoms with Crippen molar-refractivity contribution in [2.45, 2.75) is 13.5 Å². The van der Waals surface area contributed by atoms with E-state index in [4.69, 9.17) is 4.98 Å². The zero-order valence-electron chi connectivity index (χ0n) is 18.6. The lowest BCUT2D eigenvalue weighted by molar-refractivity contribution is 0.724. The first kappa shape index (κ1) is 20.2. The summed E-state index contributed by atoms with van der Waals surface area (Å²) < 4.78 is 0. The van der Waals surface area contributed by atoms with Gasteiger partial charge >= 0.3 is 0 Å². The number of H-pyrrole nitrogens is 2. The minimum atomic E-state index is 0.695. The largest absolute Gasteiger partial charge is 0.335 e. The molecule has 166 valence electrons. The number of aromatic amines is 2. The van der Waals surface area contributed by atoms with Crippen molar-refractivity contribution in [3.05, 3.63) is 79.1 Å². The summed E-state index contributed by atoms with van der Waals surface area (Å²) in [5, 5.41) is 12.1. The van der Waals surface area contributed by atoms with Gasteiger partial charge in [-0.2, -0.15) is 5.10 Å². The lowest BCUT2D eigenvalue weighted by atomic mass is 10.0. The fraction of sp³-hybridized carbons (Fsp3) is 0.115. The van der Waals surface area contributed by atoms with Crippen molar-refractivity contribution in [3.63, 3.8) is 0 Å². The fourth-order valence-electron chi connectivity index (χ4n) is 4.17. The van der Waals surface area contributed by atoms with E-state index in [0.717, 1.165) is 68.5 Å². The van der Waals surface area contributed by atoms with Gasteiger partial charge in [0, 0.05) is 54.0 Å². The Kier molecular flexibility index (Phi) is 5.04. The molecule has 0 fully saturated rings. The summed E-state index contributed by atoms with van der Waals surface area (Å²) >= 11 is 0. The van der Waals surface area contributed by atoms with Crippen LogP contribution in [0.5, 0.6) is 0 Å². The van der Waals surface area contributed by atoms with Gasteiger partial charge in [-0.05, 0) is 53.6 Å². The number of hydrogen-bond donors (Lipinski definition) is 3. The summed E-state index contributed by atoms with van der Waals surface area (Å²) in [6.45, 7) is 3.81. The molecule has 1 aromatic carbocycles. The van der Waals surface area contributed by atoms with Crippen LogP contribution in [0.1, 0.15) is 12.5 Å². The number of nitrogens with zero attached hydrogens (tertiary/aromatic N) is 5. The monoisotopic (exact) mass is 446 g/mol. The third-order valence-electron chi connectivity index (χ3n) is 5.88. The van der Waals surface area contributed by atoms with Gasteiger partial charge in [0.05, 0.1) is 22.7 Å². The standard InChI is InChI=1S/C26H22N8/c1-2-27-11-16-9-19(13-29-12-16)18-3-4-22-20(10-18)25(34-33-22)26-31-23-15-30-14-21(24(23)32-26)17-5-7-28-8-6-17/h3-10,12-15,27H,2,11H2,1H3,(H,31,32)(H,33,34). The first-order valence-electron chi connectivity index (χ1n) is 11.2. The van der Waals surface area contributed by atoms with Crippen molar-refractivity contribution in [2.24, 2.45) is 0 Å². The number of imidazole rings is 1. The quantitative estimate of drug-likeness (QED) is 0.341. The zero-order chi connectivity index (χ0) is 22.9. The number of aromatic nitrogens is 7. The third-order valence-corrected chi connectivity index (χ3v) is 5.88. The summed E-state index contributed by atoms with van der Waals surface area (Å²) in [6, 6.07) is 12.4. The molecule has 5 heterocycles. The molecule has 0 unspecified atom stereocenters. The Labute approximate surface area is 195 Å². The summed E-state index contributed by atoms with van der Waals surface area (Å²) in [5.41, 5.74) is 8.70. The molecule has 6 aromatic rings. The Bertz CT molecular complexity index is 1600. The van der Waals surface area contributed by atoms with E-state index in [1.807, 2.05) is 36.8 Å². The fourth-order valence-corrected chi connectivity index (χ4v) is 4.17. The van der Waals surface area contributed by atoms with E-state index in [-0.39, 0.29) is 0 Å². The van der Waals surface area contributed by atoms with Crippen LogP contribution in [0.3, 0.4) is 0 Å². The molecule has 0 saturated heterocycles. The zero-order valence-corrected chi connectivity index (χ0v) is 18.6. The normalized spacial score (nSPS) is 11.4. The molecule has 34 heavy (non-hydrogen) atoms. The molecule has 0 amide bonds. The van der Waals surface area contributed by atoms with E-state index in [1.54, 1.807) is 18.6 Å². The van der Waals surface area contributed by atoms with Crippen molar-refractivity contribution in [3.8, 4) is 33.8 Å². The lowest BCUT2D eigenvalue weighted by Gasteiger charge is -2.06. The van der Waals surface area contributed by atoms with Crippen LogP contribution in [0.25, 0.3) is 55.7 Å². The van der Waals surface area contributed by atoms with Crippen LogP contribution in [-0.2, 0) is 6.54 Å². The molecule has 0 atom stereocenters. The van der Waals surface area contributed by atoms with E-state index in [2.05, 4.69) is 60.6 Å². The van der Waals surface area contributed by atoms with Crippen molar-refractivity contribution >= 4 is 21.9 Å². The molecule has 0 saturated carbocycles. The van der Waals surface area contributed by atoms with Gasteiger partial charge in [-0.25, -0.2) is 4.98 Å². The van der Waals surface area contributed by atoms with Gasteiger partial charge in [-0.3, -0.25) is 20.1 Å². The molecule has 0 bridgehead atoms. The van der Waals surface area contributed by atoms with Crippen LogP contribution in [0.15, 0.2) is 73.6 Å². The number of nitrogens with one attached hydrogen (secondary N) is 3. The highest BCUT2D eigenvalue weighted by atomic mass is 15.1. The van der Waals surface area contributed by atoms with Crippen LogP contribution in [-0.4, -0.2) is 41.7 Å². The Morgan fingerprint density at radius 1 is 0.824 bits per heavy atom. The molecule has 5 aromatic heterocycles. The summed E-state index contributed by atoms with van der Waals surface area (Å²) in [6.07, 6.45) is 11.0.